The van der Waals surface area contributed by atoms with Crippen LogP contribution in [-0.2, 0) is 17.6 Å². The van der Waals surface area contributed by atoms with Gasteiger partial charge >= 0.3 is 18.9 Å². The Morgan fingerprint density at radius 1 is 0.860 bits per heavy atom. The zero-order valence-corrected chi connectivity index (χ0v) is 28.0. The maximum Gasteiger partial charge on any atom is 1.00 e. The Labute approximate surface area is 308 Å². The molecule has 0 saturated heterocycles. The third-order valence-electron chi connectivity index (χ3n) is 7.34. The quantitative estimate of drug-likeness (QED) is 0.156. The molecule has 1 N–H and O–H groups in total. The van der Waals surface area contributed by atoms with Gasteiger partial charge in [0, 0.05) is 12.8 Å². The standard InChI is InChI=1S/C18H15NO3.C9H7NO.C9H8O2.C4H9.CH4.Li/c1-19-13-6-4-5-12(9-13)10-16(20)15-11-22-17-8-3-2-7-14(17)18(15)21;1-10-9-4-2-3-8(7-9)5-6-11;10-8-5-6-11-9-4-2-1-3-7(8)9;1-3-4-2;;/h2-9,15-16,20H,10-11H2;2-4,6-7H,5H2;1-4H,5-6H2;1,3-4H2,2H3;1H4;/q;;;-1;;+1. The molecule has 0 aliphatic carbocycles. The summed E-state index contributed by atoms with van der Waals surface area (Å²) in [7, 11) is 0. The van der Waals surface area contributed by atoms with E-state index in [0.29, 0.717) is 48.6 Å². The fourth-order valence-corrected chi connectivity index (χ4v) is 4.73. The number of nitrogens with zero attached hydrogens (tertiary/aromatic N) is 2. The van der Waals surface area contributed by atoms with Gasteiger partial charge < -0.3 is 26.3 Å². The van der Waals surface area contributed by atoms with Crippen molar-refractivity contribution in [2.45, 2.75) is 52.6 Å². The number of fused-ring (bicyclic) bond motifs is 2. The van der Waals surface area contributed by atoms with Gasteiger partial charge in [-0.2, -0.15) is 6.42 Å². The van der Waals surface area contributed by atoms with Crippen LogP contribution in [-0.4, -0.2) is 42.3 Å². The molecule has 0 amide bonds. The molecular formula is C41H43LiN2O6. The fraction of sp³-hybridized carbons (Fsp3) is 0.268. The van der Waals surface area contributed by atoms with Gasteiger partial charge in [0.15, 0.2) is 22.9 Å². The Bertz CT molecular complexity index is 1760. The van der Waals surface area contributed by atoms with Gasteiger partial charge in [0.25, 0.3) is 0 Å². The van der Waals surface area contributed by atoms with Crippen molar-refractivity contribution >= 4 is 29.2 Å². The first-order valence-electron chi connectivity index (χ1n) is 15.7. The number of rotatable bonds is 6. The molecule has 2 unspecified atom stereocenters. The second-order valence-corrected chi connectivity index (χ2v) is 10.9. The van der Waals surface area contributed by atoms with E-state index in [1.165, 1.54) is 6.42 Å². The van der Waals surface area contributed by atoms with E-state index in [4.69, 9.17) is 22.6 Å². The number of aldehydes is 1. The molecule has 2 aliphatic heterocycles. The minimum atomic E-state index is -0.832. The summed E-state index contributed by atoms with van der Waals surface area (Å²) in [6.07, 6.45) is 3.51. The molecule has 0 fully saturated rings. The number of ketones is 2. The number of para-hydroxylation sites is 2. The van der Waals surface area contributed by atoms with E-state index in [2.05, 4.69) is 23.5 Å². The summed E-state index contributed by atoms with van der Waals surface area (Å²) < 4.78 is 10.9. The molecule has 2 aliphatic rings. The van der Waals surface area contributed by atoms with E-state index in [9.17, 15) is 19.5 Å². The van der Waals surface area contributed by atoms with Crippen LogP contribution in [0.25, 0.3) is 9.69 Å². The molecule has 2 heterocycles. The van der Waals surface area contributed by atoms with Crippen LogP contribution in [0.15, 0.2) is 97.1 Å². The predicted octanol–water partition coefficient (Wildman–Crippen LogP) is 5.92. The van der Waals surface area contributed by atoms with Crippen LogP contribution in [0.4, 0.5) is 11.4 Å². The van der Waals surface area contributed by atoms with E-state index in [-0.39, 0.29) is 44.5 Å². The van der Waals surface area contributed by atoms with Crippen LogP contribution >= 0.6 is 0 Å². The van der Waals surface area contributed by atoms with E-state index < -0.39 is 12.0 Å². The van der Waals surface area contributed by atoms with Gasteiger partial charge in [-0.15, -0.1) is 0 Å². The molecule has 6 rings (SSSR count). The molecule has 9 heteroatoms. The summed E-state index contributed by atoms with van der Waals surface area (Å²) in [4.78, 5) is 40.4. The summed E-state index contributed by atoms with van der Waals surface area (Å²) in [6, 6.07) is 28.6. The van der Waals surface area contributed by atoms with Gasteiger partial charge in [0.05, 0.1) is 42.9 Å². The molecule has 0 bridgehead atoms. The molecule has 0 radical (unpaired) electrons. The minimum Gasteiger partial charge on any atom is -0.492 e. The molecule has 0 spiro atoms. The van der Waals surface area contributed by atoms with Crippen molar-refractivity contribution in [3.63, 3.8) is 0 Å². The number of carbonyl (C=O) groups is 3. The smallest absolute Gasteiger partial charge is 0.492 e. The molecule has 4 aromatic carbocycles. The van der Waals surface area contributed by atoms with Crippen molar-refractivity contribution in [3.05, 3.63) is 149 Å². The van der Waals surface area contributed by atoms with Crippen molar-refractivity contribution in [2.24, 2.45) is 5.92 Å². The van der Waals surface area contributed by atoms with Crippen LogP contribution in [0.1, 0.15) is 65.5 Å². The Kier molecular flexibility index (Phi) is 20.1. The Morgan fingerprint density at radius 2 is 1.40 bits per heavy atom. The van der Waals surface area contributed by atoms with Crippen LogP contribution in [0.2, 0.25) is 0 Å². The first kappa shape index (κ1) is 43.0. The van der Waals surface area contributed by atoms with Crippen LogP contribution in [0, 0.1) is 26.0 Å². The first-order valence-corrected chi connectivity index (χ1v) is 15.7. The van der Waals surface area contributed by atoms with Crippen molar-refractivity contribution < 1.29 is 47.8 Å². The average Bonchev–Trinajstić information content (AvgIpc) is 3.13. The van der Waals surface area contributed by atoms with Crippen molar-refractivity contribution in [1.29, 1.82) is 0 Å². The Morgan fingerprint density at radius 3 is 1.96 bits per heavy atom. The number of carbonyl (C=O) groups excluding carboxylic acids is 3. The van der Waals surface area contributed by atoms with Crippen molar-refractivity contribution in [2.75, 3.05) is 13.2 Å². The zero-order valence-electron chi connectivity index (χ0n) is 28.0. The number of ether oxygens (including phenoxy) is 2. The number of aliphatic hydroxyl groups excluding tert-OH is 1. The first-order chi connectivity index (χ1) is 23.3. The maximum atomic E-state index is 12.5. The van der Waals surface area contributed by atoms with Gasteiger partial charge in [-0.25, -0.2) is 9.69 Å². The number of benzene rings is 4. The average molecular weight is 667 g/mol. The number of Topliss-reactive ketones (excluding diaryl/α,β-unsaturated/α-hetero) is 2. The van der Waals surface area contributed by atoms with E-state index >= 15 is 0 Å². The summed E-state index contributed by atoms with van der Waals surface area (Å²) in [5.74, 6) is 0.823. The molecule has 4 aromatic rings. The molecular weight excluding hydrogens is 623 g/mol. The Balaban J connectivity index is 0.000000378. The normalized spacial score (nSPS) is 13.8. The van der Waals surface area contributed by atoms with Gasteiger partial charge in [0.1, 0.15) is 24.4 Å². The third-order valence-corrected chi connectivity index (χ3v) is 7.34. The second kappa shape index (κ2) is 23.4. The number of hydrogen-bond donors (Lipinski definition) is 1. The van der Waals surface area contributed by atoms with E-state index in [1.807, 2.05) is 36.4 Å². The van der Waals surface area contributed by atoms with Gasteiger partial charge in [-0.3, -0.25) is 9.59 Å². The molecule has 0 saturated carbocycles. The molecule has 0 aromatic heterocycles. The fourth-order valence-electron chi connectivity index (χ4n) is 4.73. The van der Waals surface area contributed by atoms with Crippen LogP contribution in [0.3, 0.4) is 0 Å². The van der Waals surface area contributed by atoms with E-state index in [0.717, 1.165) is 35.1 Å². The largest absolute Gasteiger partial charge is 1.00 e. The molecule has 8 nitrogen and oxygen atoms in total. The van der Waals surface area contributed by atoms with Crippen molar-refractivity contribution in [3.8, 4) is 11.5 Å². The van der Waals surface area contributed by atoms with E-state index in [1.54, 1.807) is 60.7 Å². The third kappa shape index (κ3) is 13.1. The van der Waals surface area contributed by atoms with Gasteiger partial charge in [0.2, 0.25) is 0 Å². The van der Waals surface area contributed by atoms with Gasteiger partial charge in [-0.1, -0.05) is 105 Å². The maximum absolute atomic E-state index is 12.5. The second-order valence-electron chi connectivity index (χ2n) is 10.9. The van der Waals surface area contributed by atoms with Crippen LogP contribution in [0.5, 0.6) is 11.5 Å². The number of aliphatic hydroxyl groups is 1. The summed E-state index contributed by atoms with van der Waals surface area (Å²) in [5.41, 5.74) is 4.10. The zero-order chi connectivity index (χ0) is 34.7. The summed E-state index contributed by atoms with van der Waals surface area (Å²) >= 11 is 0. The SMILES string of the molecule is C.O=C1CCOc2ccccc21.[C-]#[N+]c1cccc(CC(O)C2COc3ccccc3C2=O)c1.[C-]#[N+]c1cccc(CC=O)c1.[CH2-]CCC.[Li+]. The predicted molar refractivity (Wildman–Crippen MR) is 193 cm³/mol. The minimum absolute atomic E-state index is 0. The molecule has 50 heavy (non-hydrogen) atoms. The summed E-state index contributed by atoms with van der Waals surface area (Å²) in [5, 5.41) is 10.4. The Hall–Kier alpha value is -4.97. The number of hydrogen-bond acceptors (Lipinski definition) is 6. The molecule has 254 valence electrons. The summed E-state index contributed by atoms with van der Waals surface area (Å²) in [6.45, 7) is 20.2. The monoisotopic (exact) mass is 666 g/mol. The van der Waals surface area contributed by atoms with Crippen molar-refractivity contribution in [1.82, 2.24) is 0 Å². The van der Waals surface area contributed by atoms with Crippen LogP contribution < -0.4 is 28.3 Å². The topological polar surface area (TPSA) is 98.6 Å². The van der Waals surface area contributed by atoms with Gasteiger partial charge in [-0.05, 0) is 30.7 Å². The molecule has 2 atom stereocenters. The number of unbranched alkanes of at least 4 members (excludes halogenated alkanes) is 1.